The van der Waals surface area contributed by atoms with Crippen LogP contribution in [0.4, 0.5) is 16.3 Å². The van der Waals surface area contributed by atoms with Crippen LogP contribution in [0.2, 0.25) is 0 Å². The molecule has 2 atom stereocenters. The predicted octanol–water partition coefficient (Wildman–Crippen LogP) is 3.41. The summed E-state index contributed by atoms with van der Waals surface area (Å²) in [6.45, 7) is 6.54. The Kier molecular flexibility index (Phi) is 7.81. The van der Waals surface area contributed by atoms with E-state index in [0.29, 0.717) is 31.0 Å². The topological polar surface area (TPSA) is 103 Å². The van der Waals surface area contributed by atoms with Crippen LogP contribution in [0.3, 0.4) is 0 Å². The minimum absolute atomic E-state index is 0.102. The molecule has 4 amide bonds. The number of amides is 4. The first kappa shape index (κ1) is 23.2. The third kappa shape index (κ3) is 6.29. The third-order valence-corrected chi connectivity index (χ3v) is 5.49. The van der Waals surface area contributed by atoms with Crippen molar-refractivity contribution >= 4 is 29.4 Å². The summed E-state index contributed by atoms with van der Waals surface area (Å²) in [5, 5.41) is 8.41. The summed E-state index contributed by atoms with van der Waals surface area (Å²) in [4.78, 5) is 44.5. The molecule has 0 aliphatic carbocycles. The molecule has 1 aromatic carbocycles. The average Bonchev–Trinajstić information content (AvgIpc) is 2.77. The number of aromatic nitrogens is 1. The van der Waals surface area contributed by atoms with E-state index in [2.05, 4.69) is 20.9 Å². The maximum absolute atomic E-state index is 13.2. The molecule has 170 valence electrons. The van der Waals surface area contributed by atoms with Crippen molar-refractivity contribution in [2.75, 3.05) is 23.7 Å². The van der Waals surface area contributed by atoms with Gasteiger partial charge < -0.3 is 20.9 Å². The van der Waals surface area contributed by atoms with Crippen molar-refractivity contribution in [2.45, 2.75) is 39.7 Å². The van der Waals surface area contributed by atoms with Gasteiger partial charge >= 0.3 is 6.03 Å². The van der Waals surface area contributed by atoms with Crippen molar-refractivity contribution in [3.05, 3.63) is 54.2 Å². The number of rotatable bonds is 6. The van der Waals surface area contributed by atoms with Crippen LogP contribution in [0.5, 0.6) is 0 Å². The Balaban J connectivity index is 1.61. The molecule has 3 N–H and O–H groups in total. The highest BCUT2D eigenvalue weighted by Crippen LogP contribution is 2.20. The highest BCUT2D eigenvalue weighted by atomic mass is 16.2. The molecule has 0 spiro atoms. The van der Waals surface area contributed by atoms with Gasteiger partial charge in [-0.15, -0.1) is 0 Å². The summed E-state index contributed by atoms with van der Waals surface area (Å²) < 4.78 is 0. The summed E-state index contributed by atoms with van der Waals surface area (Å²) in [6.07, 6.45) is 1.43. The molecular formula is C24H31N5O3. The van der Waals surface area contributed by atoms with Crippen molar-refractivity contribution < 1.29 is 14.4 Å². The molecule has 3 rings (SSSR count). The minimum atomic E-state index is -0.682. The molecule has 1 saturated heterocycles. The lowest BCUT2D eigenvalue weighted by atomic mass is 9.95. The molecule has 8 nitrogen and oxygen atoms in total. The molecule has 1 aliphatic heterocycles. The monoisotopic (exact) mass is 437 g/mol. The molecule has 0 radical (unpaired) electrons. The number of piperidine rings is 1. The number of urea groups is 1. The van der Waals surface area contributed by atoms with E-state index >= 15 is 0 Å². The Hall–Kier alpha value is -3.42. The fourth-order valence-electron chi connectivity index (χ4n) is 3.77. The van der Waals surface area contributed by atoms with E-state index in [1.54, 1.807) is 23.1 Å². The highest BCUT2D eigenvalue weighted by molar-refractivity contribution is 5.95. The van der Waals surface area contributed by atoms with E-state index in [4.69, 9.17) is 0 Å². The van der Waals surface area contributed by atoms with Crippen LogP contribution in [0.25, 0.3) is 0 Å². The van der Waals surface area contributed by atoms with Gasteiger partial charge in [-0.3, -0.25) is 9.59 Å². The number of para-hydroxylation sites is 1. The zero-order chi connectivity index (χ0) is 23.1. The Morgan fingerprint density at radius 3 is 2.47 bits per heavy atom. The number of carbonyl (C=O) groups is 3. The van der Waals surface area contributed by atoms with E-state index in [1.807, 2.05) is 51.1 Å². The lowest BCUT2D eigenvalue weighted by Crippen LogP contribution is -2.55. The number of hydrogen-bond acceptors (Lipinski definition) is 4. The lowest BCUT2D eigenvalue weighted by molar-refractivity contribution is -0.137. The molecular weight excluding hydrogens is 406 g/mol. The number of hydrogen-bond donors (Lipinski definition) is 3. The van der Waals surface area contributed by atoms with E-state index in [-0.39, 0.29) is 23.7 Å². The van der Waals surface area contributed by atoms with Crippen LogP contribution in [0, 0.1) is 18.8 Å². The summed E-state index contributed by atoms with van der Waals surface area (Å²) in [7, 11) is 0. The minimum Gasteiger partial charge on any atom is -0.340 e. The van der Waals surface area contributed by atoms with Gasteiger partial charge in [0.2, 0.25) is 11.8 Å². The van der Waals surface area contributed by atoms with Gasteiger partial charge in [0, 0.05) is 24.5 Å². The van der Waals surface area contributed by atoms with Gasteiger partial charge in [-0.25, -0.2) is 9.78 Å². The highest BCUT2D eigenvalue weighted by Gasteiger charge is 2.34. The molecule has 2 unspecified atom stereocenters. The van der Waals surface area contributed by atoms with Gasteiger partial charge in [0.05, 0.1) is 5.92 Å². The second kappa shape index (κ2) is 10.7. The van der Waals surface area contributed by atoms with Crippen molar-refractivity contribution in [1.29, 1.82) is 0 Å². The number of carbonyl (C=O) groups excluding carboxylic acids is 3. The van der Waals surface area contributed by atoms with Crippen molar-refractivity contribution in [3.8, 4) is 0 Å². The molecule has 32 heavy (non-hydrogen) atoms. The van der Waals surface area contributed by atoms with E-state index in [0.717, 1.165) is 12.1 Å². The molecule has 2 heterocycles. The van der Waals surface area contributed by atoms with Gasteiger partial charge in [0.15, 0.2) is 0 Å². The predicted molar refractivity (Wildman–Crippen MR) is 124 cm³/mol. The standard InChI is InChI=1S/C24H31N5O3/c1-16(2)21(28-24(32)26-19-11-5-4-6-12-19)23(31)29-14-8-10-18(15-29)22(30)27-20-13-7-9-17(3)25-20/h4-7,9,11-13,16,18,21H,8,10,14-15H2,1-3H3,(H,25,27,30)(H2,26,28,32). The lowest BCUT2D eigenvalue weighted by Gasteiger charge is -2.35. The SMILES string of the molecule is Cc1cccc(NC(=O)C2CCCN(C(=O)C(NC(=O)Nc3ccccc3)C(C)C)C2)n1. The largest absolute Gasteiger partial charge is 0.340 e. The Labute approximate surface area is 188 Å². The fraction of sp³-hybridized carbons (Fsp3) is 0.417. The second-order valence-electron chi connectivity index (χ2n) is 8.46. The number of pyridine rings is 1. The van der Waals surface area contributed by atoms with Gasteiger partial charge in [0.1, 0.15) is 11.9 Å². The molecule has 1 fully saturated rings. The molecule has 2 aromatic rings. The smallest absolute Gasteiger partial charge is 0.319 e. The van der Waals surface area contributed by atoms with Crippen LogP contribution in [0.15, 0.2) is 48.5 Å². The molecule has 1 aliphatic rings. The summed E-state index contributed by atoms with van der Waals surface area (Å²) >= 11 is 0. The van der Waals surface area contributed by atoms with Crippen molar-refractivity contribution in [2.24, 2.45) is 11.8 Å². The van der Waals surface area contributed by atoms with Crippen LogP contribution in [-0.4, -0.2) is 46.9 Å². The second-order valence-corrected chi connectivity index (χ2v) is 8.46. The fourth-order valence-corrected chi connectivity index (χ4v) is 3.77. The van der Waals surface area contributed by atoms with E-state index < -0.39 is 12.1 Å². The van der Waals surface area contributed by atoms with Gasteiger partial charge in [-0.05, 0) is 49.9 Å². The normalized spacial score (nSPS) is 16.9. The summed E-state index contributed by atoms with van der Waals surface area (Å²) in [5.74, 6) is -0.223. The number of benzene rings is 1. The molecule has 0 saturated carbocycles. The number of nitrogens with zero attached hydrogens (tertiary/aromatic N) is 2. The quantitative estimate of drug-likeness (QED) is 0.644. The van der Waals surface area contributed by atoms with Gasteiger partial charge in [-0.1, -0.05) is 38.1 Å². The first-order valence-corrected chi connectivity index (χ1v) is 11.0. The van der Waals surface area contributed by atoms with Crippen LogP contribution in [0.1, 0.15) is 32.4 Å². The first-order chi connectivity index (χ1) is 15.3. The van der Waals surface area contributed by atoms with Gasteiger partial charge in [-0.2, -0.15) is 0 Å². The number of likely N-dealkylation sites (tertiary alicyclic amines) is 1. The number of aryl methyl sites for hydroxylation is 1. The molecule has 0 bridgehead atoms. The Morgan fingerprint density at radius 1 is 1.03 bits per heavy atom. The zero-order valence-corrected chi connectivity index (χ0v) is 18.8. The third-order valence-electron chi connectivity index (χ3n) is 5.49. The maximum atomic E-state index is 13.2. The summed E-state index contributed by atoms with van der Waals surface area (Å²) in [5.41, 5.74) is 1.47. The Morgan fingerprint density at radius 2 is 1.78 bits per heavy atom. The zero-order valence-electron chi connectivity index (χ0n) is 18.8. The summed E-state index contributed by atoms with van der Waals surface area (Å²) in [6, 6.07) is 13.4. The van der Waals surface area contributed by atoms with E-state index in [1.165, 1.54) is 0 Å². The van der Waals surface area contributed by atoms with Crippen LogP contribution >= 0.6 is 0 Å². The number of anilines is 2. The maximum Gasteiger partial charge on any atom is 0.319 e. The average molecular weight is 438 g/mol. The van der Waals surface area contributed by atoms with Crippen LogP contribution < -0.4 is 16.0 Å². The number of nitrogens with one attached hydrogen (secondary N) is 3. The van der Waals surface area contributed by atoms with Crippen molar-refractivity contribution in [3.63, 3.8) is 0 Å². The Bertz CT molecular complexity index is 948. The van der Waals surface area contributed by atoms with E-state index in [9.17, 15) is 14.4 Å². The molecule has 8 heteroatoms. The molecule has 1 aromatic heterocycles. The van der Waals surface area contributed by atoms with Crippen LogP contribution in [-0.2, 0) is 9.59 Å². The van der Waals surface area contributed by atoms with Gasteiger partial charge in [0.25, 0.3) is 0 Å². The first-order valence-electron chi connectivity index (χ1n) is 11.0. The van der Waals surface area contributed by atoms with Crippen molar-refractivity contribution in [1.82, 2.24) is 15.2 Å².